The Labute approximate surface area is 215 Å². The monoisotopic (exact) mass is 524 g/mol. The van der Waals surface area contributed by atoms with E-state index in [1.807, 2.05) is 17.0 Å². The van der Waals surface area contributed by atoms with Crippen LogP contribution in [0.2, 0.25) is 0 Å². The number of nitrogens with one attached hydrogen (secondary N) is 1. The number of hydrogen-bond donors (Lipinski definition) is 1. The molecule has 196 valence electrons. The van der Waals surface area contributed by atoms with Crippen molar-refractivity contribution in [3.63, 3.8) is 0 Å². The van der Waals surface area contributed by atoms with Crippen LogP contribution in [0.1, 0.15) is 34.8 Å². The number of anilines is 3. The molecule has 2 aromatic carbocycles. The van der Waals surface area contributed by atoms with E-state index in [2.05, 4.69) is 15.4 Å². The molecule has 0 aliphatic carbocycles. The van der Waals surface area contributed by atoms with E-state index in [1.54, 1.807) is 29.3 Å². The van der Waals surface area contributed by atoms with Crippen LogP contribution in [-0.2, 0) is 0 Å². The summed E-state index contributed by atoms with van der Waals surface area (Å²) in [5.74, 6) is -1.36. The second-order valence-corrected chi connectivity index (χ2v) is 9.61. The fourth-order valence-electron chi connectivity index (χ4n) is 5.19. The lowest BCUT2D eigenvalue weighted by Crippen LogP contribution is -2.25. The van der Waals surface area contributed by atoms with Crippen LogP contribution in [0.3, 0.4) is 0 Å². The summed E-state index contributed by atoms with van der Waals surface area (Å²) < 4.78 is 57.8. The van der Waals surface area contributed by atoms with Crippen LogP contribution in [0.15, 0.2) is 60.9 Å². The Bertz CT molecular complexity index is 1490. The quantitative estimate of drug-likeness (QED) is 0.368. The Hall–Kier alpha value is -4.15. The van der Waals surface area contributed by atoms with Crippen molar-refractivity contribution in [2.24, 2.45) is 0 Å². The Morgan fingerprint density at radius 1 is 1.00 bits per heavy atom. The van der Waals surface area contributed by atoms with Gasteiger partial charge in [0.1, 0.15) is 35.4 Å². The molecule has 0 saturated carbocycles. The maximum absolute atomic E-state index is 14.5. The Kier molecular flexibility index (Phi) is 6.13. The highest BCUT2D eigenvalue weighted by Crippen LogP contribution is 2.38. The third-order valence-corrected chi connectivity index (χ3v) is 7.08. The molecule has 6 rings (SSSR count). The van der Waals surface area contributed by atoms with E-state index in [4.69, 9.17) is 0 Å². The molecule has 0 spiro atoms. The van der Waals surface area contributed by atoms with Gasteiger partial charge in [-0.15, -0.1) is 0 Å². The van der Waals surface area contributed by atoms with Gasteiger partial charge in [0.25, 0.3) is 5.91 Å². The molecule has 2 aromatic heterocycles. The first-order valence-corrected chi connectivity index (χ1v) is 12.4. The summed E-state index contributed by atoms with van der Waals surface area (Å²) in [6.45, 7) is 0.955. The van der Waals surface area contributed by atoms with Crippen molar-refractivity contribution >= 4 is 28.7 Å². The van der Waals surface area contributed by atoms with Gasteiger partial charge in [-0.2, -0.15) is 5.10 Å². The molecule has 4 heterocycles. The fraction of sp³-hybridized carbons (Fsp3) is 0.296. The normalized spacial score (nSPS) is 21.4. The van der Waals surface area contributed by atoms with Gasteiger partial charge in [0.15, 0.2) is 5.65 Å². The predicted octanol–water partition coefficient (Wildman–Crippen LogP) is 5.10. The van der Waals surface area contributed by atoms with Crippen LogP contribution in [-0.4, -0.2) is 52.5 Å². The van der Waals surface area contributed by atoms with Crippen molar-refractivity contribution in [3.05, 3.63) is 83.7 Å². The van der Waals surface area contributed by atoms with Gasteiger partial charge in [0, 0.05) is 42.6 Å². The first-order valence-electron chi connectivity index (χ1n) is 12.4. The van der Waals surface area contributed by atoms with Crippen LogP contribution in [0.25, 0.3) is 5.65 Å². The Morgan fingerprint density at radius 2 is 1.82 bits per heavy atom. The summed E-state index contributed by atoms with van der Waals surface area (Å²) in [6, 6.07) is 11.1. The molecule has 1 N–H and O–H groups in total. The molecule has 0 radical (unpaired) electrons. The molecule has 2 fully saturated rings. The van der Waals surface area contributed by atoms with Crippen molar-refractivity contribution < 1.29 is 22.4 Å². The molecule has 7 nitrogen and oxygen atoms in total. The third-order valence-electron chi connectivity index (χ3n) is 7.08. The number of halogens is 4. The number of nitrogens with zero attached hydrogens (tertiary/aromatic N) is 5. The summed E-state index contributed by atoms with van der Waals surface area (Å²) in [7, 11) is 0. The van der Waals surface area contributed by atoms with Crippen molar-refractivity contribution in [3.8, 4) is 0 Å². The second kappa shape index (κ2) is 9.62. The van der Waals surface area contributed by atoms with E-state index < -0.39 is 35.9 Å². The summed E-state index contributed by atoms with van der Waals surface area (Å²) in [4.78, 5) is 21.2. The van der Waals surface area contributed by atoms with E-state index in [1.165, 1.54) is 10.7 Å². The maximum atomic E-state index is 14.5. The molecule has 1 amide bonds. The molecule has 0 bridgehead atoms. The van der Waals surface area contributed by atoms with E-state index in [9.17, 15) is 22.4 Å². The summed E-state index contributed by atoms with van der Waals surface area (Å²) in [5, 5.41) is 7.01. The van der Waals surface area contributed by atoms with Crippen molar-refractivity contribution in [1.82, 2.24) is 14.6 Å². The zero-order valence-corrected chi connectivity index (χ0v) is 20.2. The number of fused-ring (bicyclic) bond motifs is 1. The van der Waals surface area contributed by atoms with E-state index in [0.717, 1.165) is 23.9 Å². The minimum atomic E-state index is -1.26. The number of rotatable bonds is 5. The molecule has 0 unspecified atom stereocenters. The fourth-order valence-corrected chi connectivity index (χ4v) is 5.19. The van der Waals surface area contributed by atoms with E-state index >= 15 is 0 Å². The number of benzene rings is 2. The molecule has 4 aromatic rings. The molecule has 2 aliphatic heterocycles. The minimum Gasteiger partial charge on any atom is -0.369 e. The van der Waals surface area contributed by atoms with Crippen LogP contribution < -0.4 is 15.1 Å². The van der Waals surface area contributed by atoms with Crippen LogP contribution in [0, 0.1) is 11.6 Å². The molecular formula is C27H24F4N6O. The van der Waals surface area contributed by atoms with Crippen LogP contribution in [0.4, 0.5) is 34.8 Å². The highest BCUT2D eigenvalue weighted by molar-refractivity contribution is 6.08. The number of carbonyl (C=O) groups is 1. The molecule has 11 heteroatoms. The Morgan fingerprint density at radius 3 is 2.58 bits per heavy atom. The van der Waals surface area contributed by atoms with Gasteiger partial charge in [-0.25, -0.2) is 27.1 Å². The van der Waals surface area contributed by atoms with Crippen LogP contribution >= 0.6 is 0 Å². The first kappa shape index (κ1) is 24.2. The number of amides is 1. The topological polar surface area (TPSA) is 65.8 Å². The van der Waals surface area contributed by atoms with Gasteiger partial charge in [-0.3, -0.25) is 4.79 Å². The third kappa shape index (κ3) is 4.52. The van der Waals surface area contributed by atoms with E-state index in [0.29, 0.717) is 31.0 Å². The van der Waals surface area contributed by atoms with E-state index in [-0.39, 0.29) is 29.7 Å². The highest BCUT2D eigenvalue weighted by atomic mass is 19.1. The summed E-state index contributed by atoms with van der Waals surface area (Å²) in [5.41, 5.74) is 1.92. The summed E-state index contributed by atoms with van der Waals surface area (Å²) in [6.07, 6.45) is 1.37. The average molecular weight is 525 g/mol. The number of alkyl halides is 2. The molecule has 2 saturated heterocycles. The molecule has 38 heavy (non-hydrogen) atoms. The van der Waals surface area contributed by atoms with Gasteiger partial charge in [0.05, 0.1) is 18.8 Å². The molecule has 2 aliphatic rings. The standard InChI is InChI=1S/C27H24F4N6O/c28-16-1-6-23(31)21(11-16)24-12-18(30)15-36(24)25-8-10-37-26(34-25)22(13-32-37)27(38)33-19-2-4-20(5-3-19)35-9-7-17(29)14-35/h1-6,8,10-11,13,17-18,24H,7,9,12,14-15H2,(H,33,38)/t17-,18-,24+/m0/s1. The van der Waals surface area contributed by atoms with Gasteiger partial charge < -0.3 is 15.1 Å². The SMILES string of the molecule is O=C(Nc1ccc(N2CC[C@H](F)C2)cc1)c1cnn2ccc(N3C[C@@H](F)C[C@@H]3c3cc(F)ccc3F)nc12. The first-order chi connectivity index (χ1) is 18.4. The lowest BCUT2D eigenvalue weighted by molar-refractivity contribution is 0.102. The van der Waals surface area contributed by atoms with Gasteiger partial charge in [0.2, 0.25) is 0 Å². The van der Waals surface area contributed by atoms with Crippen LogP contribution in [0.5, 0.6) is 0 Å². The smallest absolute Gasteiger partial charge is 0.261 e. The zero-order chi connectivity index (χ0) is 26.4. The van der Waals surface area contributed by atoms with Crippen molar-refractivity contribution in [2.75, 3.05) is 34.8 Å². The van der Waals surface area contributed by atoms with Gasteiger partial charge in [-0.1, -0.05) is 0 Å². The number of carbonyl (C=O) groups excluding carboxylic acids is 1. The lowest BCUT2D eigenvalue weighted by Gasteiger charge is -2.26. The summed E-state index contributed by atoms with van der Waals surface area (Å²) >= 11 is 0. The second-order valence-electron chi connectivity index (χ2n) is 9.61. The number of aromatic nitrogens is 3. The Balaban J connectivity index is 1.25. The predicted molar refractivity (Wildman–Crippen MR) is 135 cm³/mol. The highest BCUT2D eigenvalue weighted by Gasteiger charge is 2.36. The van der Waals surface area contributed by atoms with Crippen molar-refractivity contribution in [1.29, 1.82) is 0 Å². The largest absolute Gasteiger partial charge is 0.369 e. The van der Waals surface area contributed by atoms with Gasteiger partial charge in [-0.05, 0) is 55.0 Å². The zero-order valence-electron chi connectivity index (χ0n) is 20.2. The maximum Gasteiger partial charge on any atom is 0.261 e. The minimum absolute atomic E-state index is 0.0146. The molecule has 3 atom stereocenters. The average Bonchev–Trinajstić information content (AvgIpc) is 3.63. The molecular weight excluding hydrogens is 500 g/mol. The number of hydrogen-bond acceptors (Lipinski definition) is 5. The lowest BCUT2D eigenvalue weighted by atomic mass is 10.0. The van der Waals surface area contributed by atoms with Gasteiger partial charge >= 0.3 is 0 Å². The van der Waals surface area contributed by atoms with Crippen molar-refractivity contribution in [2.45, 2.75) is 31.2 Å².